The molecule has 0 bridgehead atoms. The molecule has 0 heterocycles. The second kappa shape index (κ2) is 8.60. The first-order chi connectivity index (χ1) is 11.5. The maximum atomic E-state index is 8.77. The van der Waals surface area contributed by atoms with E-state index in [2.05, 4.69) is 10.5 Å². The van der Waals surface area contributed by atoms with E-state index < -0.39 is 0 Å². The van der Waals surface area contributed by atoms with Gasteiger partial charge >= 0.3 is 0 Å². The summed E-state index contributed by atoms with van der Waals surface area (Å²) in [5, 5.41) is 20.8. The Morgan fingerprint density at radius 3 is 2.50 bits per heavy atom. The Balaban J connectivity index is 1.96. The van der Waals surface area contributed by atoms with Gasteiger partial charge in [-0.25, -0.2) is 0 Å². The van der Waals surface area contributed by atoms with E-state index in [1.54, 1.807) is 23.9 Å². The van der Waals surface area contributed by atoms with Crippen molar-refractivity contribution in [3.8, 4) is 6.07 Å². The van der Waals surface area contributed by atoms with Gasteiger partial charge in [-0.15, -0.1) is 11.8 Å². The fourth-order valence-corrected chi connectivity index (χ4v) is 2.85. The zero-order chi connectivity index (χ0) is 17.5. The Hall–Kier alpha value is -2.20. The van der Waals surface area contributed by atoms with Gasteiger partial charge in [0.2, 0.25) is 5.71 Å². The molecule has 0 atom stereocenters. The molecule has 0 spiro atoms. The molecule has 0 fully saturated rings. The van der Waals surface area contributed by atoms with E-state index in [1.807, 2.05) is 36.4 Å². The van der Waals surface area contributed by atoms with Crippen LogP contribution in [0.25, 0.3) is 0 Å². The van der Waals surface area contributed by atoms with Crippen LogP contribution in [-0.2, 0) is 5.75 Å². The highest BCUT2D eigenvalue weighted by atomic mass is 35.5. The highest BCUT2D eigenvalue weighted by Crippen LogP contribution is 2.28. The second-order valence-electron chi connectivity index (χ2n) is 4.66. The molecule has 0 aliphatic heterocycles. The van der Waals surface area contributed by atoms with Crippen molar-refractivity contribution in [2.75, 3.05) is 5.43 Å². The number of rotatable bonds is 6. The van der Waals surface area contributed by atoms with Gasteiger partial charge in [0.25, 0.3) is 0 Å². The normalized spacial score (nSPS) is 11.0. The van der Waals surface area contributed by atoms with Crippen molar-refractivity contribution in [1.82, 2.24) is 0 Å². The molecular weight excluding hydrogens is 365 g/mol. The summed E-state index contributed by atoms with van der Waals surface area (Å²) in [5.41, 5.74) is 9.54. The fraction of sp³-hybridized carbons (Fsp3) is 0.0625. The van der Waals surface area contributed by atoms with Crippen molar-refractivity contribution < 1.29 is 0 Å². The molecule has 2 aromatic rings. The van der Waals surface area contributed by atoms with Gasteiger partial charge in [-0.1, -0.05) is 29.3 Å². The first-order valence-corrected chi connectivity index (χ1v) is 8.48. The van der Waals surface area contributed by atoms with E-state index in [-0.39, 0.29) is 11.5 Å². The van der Waals surface area contributed by atoms with Crippen LogP contribution in [-0.4, -0.2) is 11.5 Å². The molecule has 0 aliphatic carbocycles. The van der Waals surface area contributed by atoms with Gasteiger partial charge in [-0.2, -0.15) is 10.4 Å². The minimum Gasteiger partial charge on any atom is -0.382 e. The van der Waals surface area contributed by atoms with Crippen molar-refractivity contribution >= 4 is 52.2 Å². The average Bonchev–Trinajstić information content (AvgIpc) is 2.57. The first-order valence-electron chi connectivity index (χ1n) is 6.74. The van der Waals surface area contributed by atoms with E-state index in [1.165, 1.54) is 0 Å². The van der Waals surface area contributed by atoms with Gasteiger partial charge in [0.1, 0.15) is 6.07 Å². The standard InChI is InChI=1S/C16H13Cl2N5S/c17-13-6-1-10(7-14(13)18)9-24-12-4-2-11(3-5-12)22-23-15(8-19)16(20)21/h1-7,22H,9H2,(H3,20,21)/b23-15+. The van der Waals surface area contributed by atoms with Crippen LogP contribution in [0.15, 0.2) is 52.5 Å². The molecule has 2 rings (SSSR count). The number of anilines is 1. The highest BCUT2D eigenvalue weighted by molar-refractivity contribution is 7.98. The first kappa shape index (κ1) is 18.1. The van der Waals surface area contributed by atoms with Crippen LogP contribution < -0.4 is 11.2 Å². The lowest BCUT2D eigenvalue weighted by atomic mass is 10.2. The topological polar surface area (TPSA) is 98.0 Å². The molecule has 0 radical (unpaired) electrons. The number of benzene rings is 2. The van der Waals surface area contributed by atoms with Crippen molar-refractivity contribution in [1.29, 1.82) is 10.7 Å². The zero-order valence-corrected chi connectivity index (χ0v) is 14.7. The van der Waals surface area contributed by atoms with Crippen LogP contribution in [0.5, 0.6) is 0 Å². The highest BCUT2D eigenvalue weighted by Gasteiger charge is 2.03. The quantitative estimate of drug-likeness (QED) is 0.298. The summed E-state index contributed by atoms with van der Waals surface area (Å²) in [6.07, 6.45) is 0. The number of amidine groups is 1. The fourth-order valence-electron chi connectivity index (χ4n) is 1.69. The third-order valence-electron chi connectivity index (χ3n) is 2.90. The Morgan fingerprint density at radius 2 is 1.92 bits per heavy atom. The number of nitrogens with one attached hydrogen (secondary N) is 2. The maximum absolute atomic E-state index is 8.77. The number of hydrazone groups is 1. The lowest BCUT2D eigenvalue weighted by Gasteiger charge is -2.05. The van der Waals surface area contributed by atoms with Crippen LogP contribution in [0.4, 0.5) is 5.69 Å². The predicted octanol–water partition coefficient (Wildman–Crippen LogP) is 4.51. The summed E-state index contributed by atoms with van der Waals surface area (Å²) in [4.78, 5) is 1.07. The molecule has 8 heteroatoms. The molecule has 4 N–H and O–H groups in total. The Kier molecular flexibility index (Phi) is 6.50. The minimum absolute atomic E-state index is 0.159. The van der Waals surface area contributed by atoms with E-state index in [0.717, 1.165) is 16.2 Å². The van der Waals surface area contributed by atoms with Crippen molar-refractivity contribution in [2.24, 2.45) is 10.8 Å². The van der Waals surface area contributed by atoms with Gasteiger partial charge in [0, 0.05) is 10.6 Å². The second-order valence-corrected chi connectivity index (χ2v) is 6.52. The van der Waals surface area contributed by atoms with Crippen LogP contribution >= 0.6 is 35.0 Å². The number of nitriles is 1. The van der Waals surface area contributed by atoms with Crippen molar-refractivity contribution in [2.45, 2.75) is 10.6 Å². The number of nitrogens with two attached hydrogens (primary N) is 1. The van der Waals surface area contributed by atoms with E-state index in [0.29, 0.717) is 15.7 Å². The molecule has 24 heavy (non-hydrogen) atoms. The third-order valence-corrected chi connectivity index (χ3v) is 4.72. The van der Waals surface area contributed by atoms with Gasteiger partial charge in [-0.3, -0.25) is 10.8 Å². The predicted molar refractivity (Wildman–Crippen MR) is 101 cm³/mol. The molecule has 122 valence electrons. The lowest BCUT2D eigenvalue weighted by molar-refractivity contribution is 1.31. The molecule has 0 unspecified atom stereocenters. The third kappa shape index (κ3) is 5.17. The number of halogens is 2. The largest absolute Gasteiger partial charge is 0.382 e. The maximum Gasteiger partial charge on any atom is 0.201 e. The number of hydrogen-bond acceptors (Lipinski definition) is 5. The zero-order valence-electron chi connectivity index (χ0n) is 12.4. The van der Waals surface area contributed by atoms with Crippen molar-refractivity contribution in [3.63, 3.8) is 0 Å². The number of nitrogens with zero attached hydrogens (tertiary/aromatic N) is 2. The molecular formula is C16H13Cl2N5S. The van der Waals surface area contributed by atoms with Crippen molar-refractivity contribution in [3.05, 3.63) is 58.1 Å². The molecule has 0 aliphatic rings. The molecule has 0 saturated carbocycles. The summed E-state index contributed by atoms with van der Waals surface area (Å²) < 4.78 is 0. The molecule has 2 aromatic carbocycles. The molecule has 5 nitrogen and oxygen atoms in total. The Labute approximate surface area is 154 Å². The summed E-state index contributed by atoms with van der Waals surface area (Å²) in [6, 6.07) is 14.8. The summed E-state index contributed by atoms with van der Waals surface area (Å²) in [6.45, 7) is 0. The van der Waals surface area contributed by atoms with Crippen LogP contribution in [0.2, 0.25) is 10.0 Å². The number of hydrogen-bond donors (Lipinski definition) is 3. The molecule has 0 amide bonds. The lowest BCUT2D eigenvalue weighted by Crippen LogP contribution is -2.21. The van der Waals surface area contributed by atoms with Crippen LogP contribution in [0.3, 0.4) is 0 Å². The summed E-state index contributed by atoms with van der Waals surface area (Å²) >= 11 is 13.6. The smallest absolute Gasteiger partial charge is 0.201 e. The SMILES string of the molecule is N#C/C(=N\Nc1ccc(SCc2ccc(Cl)c(Cl)c2)cc1)C(=N)N. The van der Waals surface area contributed by atoms with Crippen LogP contribution in [0.1, 0.15) is 5.56 Å². The van der Waals surface area contributed by atoms with Gasteiger partial charge < -0.3 is 5.73 Å². The molecule has 0 aromatic heterocycles. The van der Waals surface area contributed by atoms with E-state index >= 15 is 0 Å². The minimum atomic E-state index is -0.376. The summed E-state index contributed by atoms with van der Waals surface area (Å²) in [7, 11) is 0. The van der Waals surface area contributed by atoms with Gasteiger partial charge in [0.15, 0.2) is 5.84 Å². The monoisotopic (exact) mass is 377 g/mol. The molecule has 0 saturated heterocycles. The Bertz CT molecular complexity index is 812. The van der Waals surface area contributed by atoms with Gasteiger partial charge in [0.05, 0.1) is 15.7 Å². The number of thioether (sulfide) groups is 1. The van der Waals surface area contributed by atoms with Crippen LogP contribution in [0, 0.1) is 16.7 Å². The van der Waals surface area contributed by atoms with Gasteiger partial charge in [-0.05, 0) is 42.0 Å². The summed E-state index contributed by atoms with van der Waals surface area (Å²) in [5.74, 6) is 0.392. The van der Waals surface area contributed by atoms with E-state index in [9.17, 15) is 0 Å². The van der Waals surface area contributed by atoms with E-state index in [4.69, 9.17) is 39.6 Å². The Morgan fingerprint density at radius 1 is 1.21 bits per heavy atom. The average molecular weight is 378 g/mol.